The molecule has 132 valence electrons. The Balaban J connectivity index is 1.94. The van der Waals surface area contributed by atoms with Crippen molar-refractivity contribution in [3.8, 4) is 11.5 Å². The van der Waals surface area contributed by atoms with Crippen molar-refractivity contribution in [2.45, 2.75) is 12.1 Å². The van der Waals surface area contributed by atoms with Crippen LogP contribution < -0.4 is 14.8 Å². The zero-order chi connectivity index (χ0) is 18.3. The lowest BCUT2D eigenvalue weighted by Gasteiger charge is -2.11. The molecule has 25 heavy (non-hydrogen) atoms. The van der Waals surface area contributed by atoms with E-state index in [1.54, 1.807) is 24.3 Å². The zero-order valence-corrected chi connectivity index (χ0v) is 16.2. The van der Waals surface area contributed by atoms with E-state index in [-0.39, 0.29) is 27.4 Å². The average Bonchev–Trinajstić information content (AvgIpc) is 3.35. The van der Waals surface area contributed by atoms with Crippen molar-refractivity contribution in [2.24, 2.45) is 0 Å². The maximum absolute atomic E-state index is 12.9. The molecule has 0 spiro atoms. The van der Waals surface area contributed by atoms with Crippen LogP contribution in [-0.4, -0.2) is 26.0 Å². The highest BCUT2D eigenvalue weighted by molar-refractivity contribution is 6.41. The van der Waals surface area contributed by atoms with E-state index in [9.17, 15) is 4.79 Å². The van der Waals surface area contributed by atoms with E-state index < -0.39 is 6.04 Å². The quantitative estimate of drug-likeness (QED) is 0.532. The molecule has 0 saturated carbocycles. The van der Waals surface area contributed by atoms with Gasteiger partial charge in [-0.25, -0.2) is 0 Å². The number of ether oxygens (including phenoxy) is 2. The van der Waals surface area contributed by atoms with Crippen LogP contribution in [0.1, 0.15) is 22.0 Å². The van der Waals surface area contributed by atoms with Gasteiger partial charge in [-0.2, -0.15) is 0 Å². The Kier molecular flexibility index (Phi) is 5.37. The number of Topliss-reactive ketones (excluding diaryl/α,β-unsaturated/α-hetero) is 1. The van der Waals surface area contributed by atoms with Gasteiger partial charge in [-0.05, 0) is 24.3 Å². The molecular formula is C17H13Cl4NO3. The monoisotopic (exact) mass is 419 g/mol. The fourth-order valence-electron chi connectivity index (χ4n) is 2.68. The lowest BCUT2D eigenvalue weighted by molar-refractivity contribution is 0.0988. The Labute approximate surface area is 164 Å². The van der Waals surface area contributed by atoms with Crippen LogP contribution in [0.25, 0.3) is 0 Å². The number of hydrogen-bond donors (Lipinski definition) is 1. The summed E-state index contributed by atoms with van der Waals surface area (Å²) in [5.74, 6) is 0.608. The minimum atomic E-state index is -0.538. The van der Waals surface area contributed by atoms with E-state index in [1.807, 2.05) is 0 Å². The first-order valence-electron chi connectivity index (χ1n) is 7.24. The highest BCUT2D eigenvalue weighted by atomic mass is 35.5. The van der Waals surface area contributed by atoms with Crippen LogP contribution in [0.5, 0.6) is 11.5 Å². The van der Waals surface area contributed by atoms with Crippen LogP contribution in [0.2, 0.25) is 20.1 Å². The number of rotatable bonds is 5. The molecule has 1 aliphatic rings. The minimum absolute atomic E-state index is 0.176. The maximum atomic E-state index is 12.9. The van der Waals surface area contributed by atoms with Crippen LogP contribution >= 0.6 is 46.4 Å². The molecule has 2 aromatic rings. The molecule has 8 heteroatoms. The number of halogens is 4. The standard InChI is InChI=1S/C17H13Cl4NO3/c1-24-9-5-3-7(18)11(13(9)20)15-16(22-15)17(23)12-8(19)4-6-10(25-2)14(12)21/h3-6,15-16,22H,1-2H3/t15-,16-/m1/s1. The summed E-state index contributed by atoms with van der Waals surface area (Å²) in [7, 11) is 2.98. The van der Waals surface area contributed by atoms with Gasteiger partial charge in [0.25, 0.3) is 0 Å². The largest absolute Gasteiger partial charge is 0.495 e. The van der Waals surface area contributed by atoms with Crippen molar-refractivity contribution in [2.75, 3.05) is 14.2 Å². The van der Waals surface area contributed by atoms with Gasteiger partial charge < -0.3 is 9.47 Å². The van der Waals surface area contributed by atoms with Gasteiger partial charge in [-0.15, -0.1) is 0 Å². The first-order valence-corrected chi connectivity index (χ1v) is 8.76. The Morgan fingerprint density at radius 1 is 0.920 bits per heavy atom. The van der Waals surface area contributed by atoms with Gasteiger partial charge in [0, 0.05) is 10.6 Å². The van der Waals surface area contributed by atoms with Gasteiger partial charge in [0.1, 0.15) is 11.5 Å². The number of methoxy groups -OCH3 is 2. The fourth-order valence-corrected chi connectivity index (χ4v) is 4.00. The summed E-state index contributed by atoms with van der Waals surface area (Å²) in [4.78, 5) is 12.9. The van der Waals surface area contributed by atoms with Crippen molar-refractivity contribution < 1.29 is 14.3 Å². The summed E-state index contributed by atoms with van der Waals surface area (Å²) in [6.07, 6.45) is 0. The third kappa shape index (κ3) is 3.29. The Hall–Kier alpha value is -1.17. The highest BCUT2D eigenvalue weighted by Crippen LogP contribution is 2.45. The number of carbonyl (C=O) groups is 1. The lowest BCUT2D eigenvalue weighted by Crippen LogP contribution is -2.12. The number of carbonyl (C=O) groups excluding carboxylic acids is 1. The Morgan fingerprint density at radius 2 is 1.48 bits per heavy atom. The van der Waals surface area contributed by atoms with E-state index in [2.05, 4.69) is 5.32 Å². The molecule has 0 aromatic heterocycles. The topological polar surface area (TPSA) is 57.5 Å². The molecule has 0 radical (unpaired) electrons. The van der Waals surface area contributed by atoms with Gasteiger partial charge in [0.2, 0.25) is 0 Å². The summed E-state index contributed by atoms with van der Waals surface area (Å²) in [5.41, 5.74) is 0.814. The maximum Gasteiger partial charge on any atom is 0.184 e. The summed E-state index contributed by atoms with van der Waals surface area (Å²) in [6.45, 7) is 0. The van der Waals surface area contributed by atoms with Gasteiger partial charge >= 0.3 is 0 Å². The number of ketones is 1. The normalized spacial score (nSPS) is 18.8. The summed E-state index contributed by atoms with van der Waals surface area (Å²) in [5, 5.41) is 4.32. The SMILES string of the molecule is COc1ccc(Cl)c(C(=O)[C@@H]2N[C@@H]2c2c(Cl)ccc(OC)c2Cl)c1Cl. The van der Waals surface area contributed by atoms with E-state index in [0.29, 0.717) is 27.1 Å². The van der Waals surface area contributed by atoms with E-state index in [4.69, 9.17) is 55.9 Å². The van der Waals surface area contributed by atoms with Crippen LogP contribution in [0.3, 0.4) is 0 Å². The Bertz CT molecular complexity index is 856. The zero-order valence-electron chi connectivity index (χ0n) is 13.2. The van der Waals surface area contributed by atoms with E-state index in [1.165, 1.54) is 14.2 Å². The summed E-state index contributed by atoms with van der Waals surface area (Å²) in [6, 6.07) is 5.64. The molecule has 0 bridgehead atoms. The second kappa shape index (κ2) is 7.22. The number of nitrogens with one attached hydrogen (secondary N) is 1. The molecule has 1 saturated heterocycles. The first kappa shape index (κ1) is 18.6. The Morgan fingerprint density at radius 3 is 2.08 bits per heavy atom. The van der Waals surface area contributed by atoms with Crippen molar-refractivity contribution in [3.63, 3.8) is 0 Å². The molecule has 3 rings (SSSR count). The number of hydrogen-bond acceptors (Lipinski definition) is 4. The fraction of sp³-hybridized carbons (Fsp3) is 0.235. The molecule has 1 heterocycles. The van der Waals surface area contributed by atoms with E-state index in [0.717, 1.165) is 0 Å². The van der Waals surface area contributed by atoms with Gasteiger partial charge in [0.05, 0.1) is 46.9 Å². The van der Waals surface area contributed by atoms with Crippen LogP contribution in [0, 0.1) is 0 Å². The van der Waals surface area contributed by atoms with Crippen molar-refractivity contribution >= 4 is 52.2 Å². The summed E-state index contributed by atoms with van der Waals surface area (Å²) < 4.78 is 10.4. The third-order valence-electron chi connectivity index (χ3n) is 4.01. The lowest BCUT2D eigenvalue weighted by atomic mass is 10.0. The highest BCUT2D eigenvalue weighted by Gasteiger charge is 2.47. The van der Waals surface area contributed by atoms with Crippen molar-refractivity contribution in [1.82, 2.24) is 5.32 Å². The van der Waals surface area contributed by atoms with Gasteiger partial charge in [0.15, 0.2) is 5.78 Å². The molecule has 2 aromatic carbocycles. The molecular weight excluding hydrogens is 408 g/mol. The van der Waals surface area contributed by atoms with Crippen LogP contribution in [0.4, 0.5) is 0 Å². The molecule has 1 N–H and O–H groups in total. The molecule has 1 aliphatic heterocycles. The molecule has 0 amide bonds. The second-order valence-corrected chi connectivity index (χ2v) is 6.97. The minimum Gasteiger partial charge on any atom is -0.495 e. The smallest absolute Gasteiger partial charge is 0.184 e. The average molecular weight is 421 g/mol. The predicted molar refractivity (Wildman–Crippen MR) is 100 cm³/mol. The second-order valence-electron chi connectivity index (χ2n) is 5.40. The van der Waals surface area contributed by atoms with Crippen LogP contribution in [0.15, 0.2) is 24.3 Å². The summed E-state index contributed by atoms with van der Waals surface area (Å²) >= 11 is 25.0. The molecule has 0 aliphatic carbocycles. The van der Waals surface area contributed by atoms with Crippen LogP contribution in [-0.2, 0) is 0 Å². The van der Waals surface area contributed by atoms with Gasteiger partial charge in [-0.3, -0.25) is 10.1 Å². The molecule has 4 nitrogen and oxygen atoms in total. The first-order chi connectivity index (χ1) is 11.9. The predicted octanol–water partition coefficient (Wildman–Crippen LogP) is 5.21. The molecule has 0 unspecified atom stereocenters. The molecule has 1 fully saturated rings. The van der Waals surface area contributed by atoms with Crippen molar-refractivity contribution in [1.29, 1.82) is 0 Å². The molecule has 2 atom stereocenters. The van der Waals surface area contributed by atoms with E-state index >= 15 is 0 Å². The van der Waals surface area contributed by atoms with Crippen molar-refractivity contribution in [3.05, 3.63) is 55.5 Å². The number of benzene rings is 2. The third-order valence-corrected chi connectivity index (χ3v) is 5.42. The van der Waals surface area contributed by atoms with Gasteiger partial charge in [-0.1, -0.05) is 46.4 Å².